The number of hydrogen-bond donors (Lipinski definition) is 3. The summed E-state index contributed by atoms with van der Waals surface area (Å²) in [5.74, 6) is 0.269. The summed E-state index contributed by atoms with van der Waals surface area (Å²) < 4.78 is 44.8. The van der Waals surface area contributed by atoms with Crippen molar-refractivity contribution in [3.63, 3.8) is 0 Å². The van der Waals surface area contributed by atoms with Crippen LogP contribution in [0, 0.1) is 0 Å². The van der Waals surface area contributed by atoms with E-state index in [2.05, 4.69) is 42.8 Å². The Morgan fingerprint density at radius 1 is 1.28 bits per heavy atom. The maximum atomic E-state index is 13.2. The Morgan fingerprint density at radius 3 is 2.64 bits per heavy atom. The highest BCUT2D eigenvalue weighted by Crippen LogP contribution is 2.38. The van der Waals surface area contributed by atoms with Crippen LogP contribution in [0.2, 0.25) is 0 Å². The largest absolute Gasteiger partial charge is 0.495 e. The quantitative estimate of drug-likeness (QED) is 0.303. The van der Waals surface area contributed by atoms with Gasteiger partial charge in [-0.25, -0.2) is 13.4 Å². The van der Waals surface area contributed by atoms with Gasteiger partial charge in [0, 0.05) is 24.4 Å². The summed E-state index contributed by atoms with van der Waals surface area (Å²) in [6.45, 7) is 8.02. The van der Waals surface area contributed by atoms with Crippen LogP contribution in [0.25, 0.3) is 10.9 Å². The van der Waals surface area contributed by atoms with Crippen molar-refractivity contribution >= 4 is 48.7 Å². The number of carbonyl (C=O) groups excluding carboxylic acids is 2. The number of methoxy groups -OCH3 is 1. The van der Waals surface area contributed by atoms with Crippen LogP contribution in [0.1, 0.15) is 39.5 Å². The molecule has 2 aliphatic rings. The SMILES string of the molecule is C=C[C@@](CC)(NC(=O)[C@@H]1C[C@@H](Oc2cc(OCC)nc3c(Br)c(OC)ccc23)CN1)C(=O)NS(=O)(=O)C1CC1. The Bertz CT molecular complexity index is 1380. The Kier molecular flexibility index (Phi) is 8.72. The molecule has 0 spiro atoms. The van der Waals surface area contributed by atoms with Crippen LogP contribution in [-0.2, 0) is 19.6 Å². The number of benzene rings is 1. The van der Waals surface area contributed by atoms with Crippen LogP contribution in [-0.4, -0.2) is 68.4 Å². The molecule has 1 aliphatic heterocycles. The number of rotatable bonds is 12. The van der Waals surface area contributed by atoms with Crippen LogP contribution < -0.4 is 29.6 Å². The molecule has 0 bridgehead atoms. The third-order valence-electron chi connectivity index (χ3n) is 6.89. The fraction of sp³-hybridized carbons (Fsp3) is 0.500. The summed E-state index contributed by atoms with van der Waals surface area (Å²) in [5, 5.41) is 6.02. The molecule has 3 N–H and O–H groups in total. The summed E-state index contributed by atoms with van der Waals surface area (Å²) in [5.41, 5.74) is -0.958. The number of nitrogens with one attached hydrogen (secondary N) is 3. The van der Waals surface area contributed by atoms with Crippen molar-refractivity contribution in [2.75, 3.05) is 20.3 Å². The molecule has 39 heavy (non-hydrogen) atoms. The van der Waals surface area contributed by atoms with Crippen molar-refractivity contribution in [1.29, 1.82) is 0 Å². The van der Waals surface area contributed by atoms with E-state index in [-0.39, 0.29) is 12.5 Å². The van der Waals surface area contributed by atoms with Crippen molar-refractivity contribution in [3.05, 3.63) is 35.3 Å². The van der Waals surface area contributed by atoms with Gasteiger partial charge < -0.3 is 24.8 Å². The van der Waals surface area contributed by atoms with E-state index in [1.165, 1.54) is 6.08 Å². The first kappa shape index (κ1) is 29.1. The molecule has 212 valence electrons. The molecule has 3 atom stereocenters. The van der Waals surface area contributed by atoms with E-state index in [1.54, 1.807) is 26.2 Å². The lowest BCUT2D eigenvalue weighted by Gasteiger charge is -2.30. The lowest BCUT2D eigenvalue weighted by Crippen LogP contribution is -2.60. The van der Waals surface area contributed by atoms with Crippen LogP contribution in [0.4, 0.5) is 0 Å². The average Bonchev–Trinajstić information content (AvgIpc) is 3.68. The minimum Gasteiger partial charge on any atom is -0.495 e. The molecule has 1 saturated heterocycles. The zero-order valence-corrected chi connectivity index (χ0v) is 24.5. The van der Waals surface area contributed by atoms with Gasteiger partial charge in [0.2, 0.25) is 21.8 Å². The summed E-state index contributed by atoms with van der Waals surface area (Å²) >= 11 is 3.54. The molecule has 2 aromatic rings. The summed E-state index contributed by atoms with van der Waals surface area (Å²) in [7, 11) is -2.21. The Balaban J connectivity index is 1.48. The molecule has 1 aromatic heterocycles. The zero-order valence-electron chi connectivity index (χ0n) is 22.1. The first-order valence-electron chi connectivity index (χ1n) is 12.8. The minimum atomic E-state index is -3.78. The van der Waals surface area contributed by atoms with Crippen molar-refractivity contribution in [2.45, 2.75) is 62.5 Å². The third kappa shape index (κ3) is 6.15. The molecule has 2 amide bonds. The van der Waals surface area contributed by atoms with E-state index in [4.69, 9.17) is 14.2 Å². The highest BCUT2D eigenvalue weighted by atomic mass is 79.9. The van der Waals surface area contributed by atoms with E-state index >= 15 is 0 Å². The highest BCUT2D eigenvalue weighted by Gasteiger charge is 2.44. The minimum absolute atomic E-state index is 0.127. The van der Waals surface area contributed by atoms with Gasteiger partial charge in [-0.1, -0.05) is 13.0 Å². The molecule has 0 unspecified atom stereocenters. The van der Waals surface area contributed by atoms with E-state index in [9.17, 15) is 18.0 Å². The maximum absolute atomic E-state index is 13.2. The molecule has 1 aromatic carbocycles. The second-order valence-corrected chi connectivity index (χ2v) is 12.3. The maximum Gasteiger partial charge on any atom is 0.263 e. The molecule has 0 radical (unpaired) electrons. The monoisotopic (exact) mass is 624 g/mol. The number of ether oxygens (including phenoxy) is 3. The Morgan fingerprint density at radius 2 is 2.03 bits per heavy atom. The summed E-state index contributed by atoms with van der Waals surface area (Å²) in [4.78, 5) is 30.7. The Hall–Kier alpha value is -2.90. The molecular formula is C26H33BrN4O7S. The predicted molar refractivity (Wildman–Crippen MR) is 149 cm³/mol. The smallest absolute Gasteiger partial charge is 0.263 e. The van der Waals surface area contributed by atoms with Gasteiger partial charge in [0.15, 0.2) is 0 Å². The number of fused-ring (bicyclic) bond motifs is 1. The predicted octanol–water partition coefficient (Wildman–Crippen LogP) is 2.57. The first-order valence-corrected chi connectivity index (χ1v) is 15.1. The zero-order chi connectivity index (χ0) is 28.4. The number of sulfonamides is 1. The van der Waals surface area contributed by atoms with Crippen LogP contribution in [0.15, 0.2) is 35.3 Å². The lowest BCUT2D eigenvalue weighted by molar-refractivity contribution is -0.131. The second-order valence-electron chi connectivity index (χ2n) is 9.50. The fourth-order valence-corrected chi connectivity index (χ4v) is 6.38. The first-order chi connectivity index (χ1) is 18.6. The van der Waals surface area contributed by atoms with E-state index in [1.807, 2.05) is 13.0 Å². The molecule has 4 rings (SSSR count). The number of carbonyl (C=O) groups is 2. The van der Waals surface area contributed by atoms with Crippen molar-refractivity contribution < 1.29 is 32.2 Å². The van der Waals surface area contributed by atoms with Crippen molar-refractivity contribution in [2.24, 2.45) is 0 Å². The van der Waals surface area contributed by atoms with E-state index < -0.39 is 38.7 Å². The van der Waals surface area contributed by atoms with Crippen LogP contribution in [0.5, 0.6) is 17.4 Å². The third-order valence-corrected chi connectivity index (χ3v) is 9.48. The number of halogens is 1. The van der Waals surface area contributed by atoms with E-state index in [0.717, 1.165) is 5.39 Å². The van der Waals surface area contributed by atoms with Crippen LogP contribution >= 0.6 is 15.9 Å². The molecular weight excluding hydrogens is 592 g/mol. The van der Waals surface area contributed by atoms with Gasteiger partial charge in [0.05, 0.1) is 35.0 Å². The number of hydrogen-bond acceptors (Lipinski definition) is 9. The van der Waals surface area contributed by atoms with Gasteiger partial charge >= 0.3 is 0 Å². The molecule has 11 nitrogen and oxygen atoms in total. The second kappa shape index (κ2) is 11.7. The topological polar surface area (TPSA) is 145 Å². The number of pyridine rings is 1. The highest BCUT2D eigenvalue weighted by molar-refractivity contribution is 9.10. The molecule has 1 saturated carbocycles. The molecule has 2 heterocycles. The number of aromatic nitrogens is 1. The number of nitrogens with zero attached hydrogens (tertiary/aromatic N) is 1. The van der Waals surface area contributed by atoms with E-state index in [0.29, 0.717) is 59.8 Å². The van der Waals surface area contributed by atoms with Crippen LogP contribution in [0.3, 0.4) is 0 Å². The molecule has 2 fully saturated rings. The molecule has 1 aliphatic carbocycles. The van der Waals surface area contributed by atoms with Gasteiger partial charge in [0.25, 0.3) is 5.91 Å². The molecule has 13 heteroatoms. The lowest BCUT2D eigenvalue weighted by atomic mass is 9.94. The Labute approximate surface area is 236 Å². The normalized spacial score (nSPS) is 20.6. The van der Waals surface area contributed by atoms with Gasteiger partial charge in [-0.2, -0.15) is 0 Å². The van der Waals surface area contributed by atoms with Gasteiger partial charge in [-0.3, -0.25) is 14.3 Å². The average molecular weight is 626 g/mol. The standard InChI is InChI=1S/C26H33BrN4O7S/c1-5-26(6-2,25(33)31-39(34,35)16-8-9-16)30-24(32)18-12-15(14-28-18)38-20-13-21(37-7-3)29-23-17(20)10-11-19(36-4)22(23)27/h5,10-11,13,15-16,18,28H,1,6-9,12,14H2,2-4H3,(H,30,32)(H,31,33)/t15-,18+,26+/m1/s1. The summed E-state index contributed by atoms with van der Waals surface area (Å²) in [6, 6.07) is 4.69. The van der Waals surface area contributed by atoms with Gasteiger partial charge in [0.1, 0.15) is 23.1 Å². The fourth-order valence-electron chi connectivity index (χ4n) is 4.42. The number of amides is 2. The summed E-state index contributed by atoms with van der Waals surface area (Å²) in [6.07, 6.45) is 2.37. The van der Waals surface area contributed by atoms with Crippen molar-refractivity contribution in [3.8, 4) is 17.4 Å². The van der Waals surface area contributed by atoms with Crippen molar-refractivity contribution in [1.82, 2.24) is 20.3 Å². The van der Waals surface area contributed by atoms with Gasteiger partial charge in [-0.15, -0.1) is 6.58 Å². The van der Waals surface area contributed by atoms with Gasteiger partial charge in [-0.05, 0) is 54.2 Å².